The Kier molecular flexibility index (Phi) is 7.94. The minimum atomic E-state index is -0.0217. The van der Waals surface area contributed by atoms with E-state index in [1.54, 1.807) is 18.4 Å². The Morgan fingerprint density at radius 3 is 2.68 bits per heavy atom. The van der Waals surface area contributed by atoms with Crippen LogP contribution in [0.25, 0.3) is 0 Å². The van der Waals surface area contributed by atoms with Gasteiger partial charge in [-0.2, -0.15) is 0 Å². The summed E-state index contributed by atoms with van der Waals surface area (Å²) >= 11 is 5.14. The van der Waals surface area contributed by atoms with Gasteiger partial charge in [0.15, 0.2) is 5.96 Å². The number of anilines is 1. The van der Waals surface area contributed by atoms with Crippen molar-refractivity contribution in [1.29, 1.82) is 0 Å². The van der Waals surface area contributed by atoms with Crippen LogP contribution in [0.2, 0.25) is 0 Å². The molecule has 1 aromatic heterocycles. The number of hydrogen-bond donors (Lipinski definition) is 2. The number of rotatable bonds is 7. The topological polar surface area (TPSA) is 56.7 Å². The van der Waals surface area contributed by atoms with Crippen molar-refractivity contribution in [1.82, 2.24) is 10.2 Å². The molecular formula is C18H23BrN4OS. The van der Waals surface area contributed by atoms with Crippen LogP contribution < -0.4 is 10.6 Å². The van der Waals surface area contributed by atoms with Gasteiger partial charge in [-0.05, 0) is 42.1 Å². The molecule has 134 valence electrons. The van der Waals surface area contributed by atoms with Crippen LogP contribution in [0.1, 0.15) is 11.3 Å². The molecule has 25 heavy (non-hydrogen) atoms. The smallest absolute Gasteiger partial charge is 0.226 e. The molecule has 0 unspecified atom stereocenters. The third-order valence-corrected chi connectivity index (χ3v) is 5.08. The second-order valence-electron chi connectivity index (χ2n) is 5.53. The number of guanidine groups is 1. The maximum atomic E-state index is 12.0. The molecule has 0 saturated carbocycles. The van der Waals surface area contributed by atoms with Gasteiger partial charge in [-0.1, -0.05) is 22.0 Å². The number of amides is 1. The predicted molar refractivity (Wildman–Crippen MR) is 109 cm³/mol. The Morgan fingerprint density at radius 1 is 1.28 bits per heavy atom. The van der Waals surface area contributed by atoms with E-state index in [2.05, 4.69) is 54.0 Å². The van der Waals surface area contributed by atoms with Crippen LogP contribution in [0.5, 0.6) is 0 Å². The molecule has 1 amide bonds. The largest absolute Gasteiger partial charge is 0.356 e. The fourth-order valence-corrected chi connectivity index (χ4v) is 3.23. The van der Waals surface area contributed by atoms with Gasteiger partial charge in [-0.3, -0.25) is 9.79 Å². The zero-order valence-electron chi connectivity index (χ0n) is 14.5. The summed E-state index contributed by atoms with van der Waals surface area (Å²) < 4.78 is 0.988. The van der Waals surface area contributed by atoms with Crippen LogP contribution in [-0.2, 0) is 11.2 Å². The van der Waals surface area contributed by atoms with E-state index in [9.17, 15) is 4.79 Å². The Labute approximate surface area is 161 Å². The number of carbonyl (C=O) groups is 1. The van der Waals surface area contributed by atoms with Crippen molar-refractivity contribution in [2.75, 3.05) is 32.5 Å². The molecule has 0 aliphatic heterocycles. The molecule has 0 atom stereocenters. The Hall–Kier alpha value is -1.86. The lowest BCUT2D eigenvalue weighted by atomic mass is 10.3. The Bertz CT molecular complexity index is 686. The van der Waals surface area contributed by atoms with Gasteiger partial charge in [-0.25, -0.2) is 0 Å². The maximum Gasteiger partial charge on any atom is 0.226 e. The van der Waals surface area contributed by atoms with Crippen molar-refractivity contribution in [3.05, 3.63) is 51.1 Å². The number of nitrogens with one attached hydrogen (secondary N) is 2. The Balaban J connectivity index is 1.70. The van der Waals surface area contributed by atoms with Crippen LogP contribution in [0.4, 0.5) is 5.69 Å². The van der Waals surface area contributed by atoms with E-state index >= 15 is 0 Å². The van der Waals surface area contributed by atoms with Crippen molar-refractivity contribution >= 4 is 44.8 Å². The summed E-state index contributed by atoms with van der Waals surface area (Å²) in [5, 5.41) is 8.21. The molecule has 0 aliphatic rings. The fourth-order valence-electron chi connectivity index (χ4n) is 2.27. The molecule has 0 radical (unpaired) electrons. The zero-order valence-corrected chi connectivity index (χ0v) is 16.9. The van der Waals surface area contributed by atoms with Crippen LogP contribution >= 0.6 is 27.3 Å². The summed E-state index contributed by atoms with van der Waals surface area (Å²) in [7, 11) is 3.76. The van der Waals surface area contributed by atoms with E-state index in [1.165, 1.54) is 4.88 Å². The van der Waals surface area contributed by atoms with Gasteiger partial charge in [0.25, 0.3) is 0 Å². The summed E-state index contributed by atoms with van der Waals surface area (Å²) in [4.78, 5) is 19.7. The first-order valence-corrected chi connectivity index (χ1v) is 9.75. The number of aliphatic imine (C=N–C) groups is 1. The predicted octanol–water partition coefficient (Wildman–Crippen LogP) is 3.59. The Morgan fingerprint density at radius 2 is 2.04 bits per heavy atom. The fraction of sp³-hybridized carbons (Fsp3) is 0.333. The summed E-state index contributed by atoms with van der Waals surface area (Å²) in [6.45, 7) is 1.42. The number of halogens is 1. The quantitative estimate of drug-likeness (QED) is 0.529. The van der Waals surface area contributed by atoms with Crippen molar-refractivity contribution in [3.8, 4) is 0 Å². The van der Waals surface area contributed by atoms with Gasteiger partial charge in [-0.15, -0.1) is 11.3 Å². The summed E-state index contributed by atoms with van der Waals surface area (Å²) in [6.07, 6.45) is 1.37. The van der Waals surface area contributed by atoms with Crippen molar-refractivity contribution < 1.29 is 4.79 Å². The van der Waals surface area contributed by atoms with Gasteiger partial charge < -0.3 is 15.5 Å². The summed E-state index contributed by atoms with van der Waals surface area (Å²) in [5.74, 6) is 0.777. The van der Waals surface area contributed by atoms with Gasteiger partial charge in [0, 0.05) is 48.6 Å². The van der Waals surface area contributed by atoms with E-state index in [-0.39, 0.29) is 5.91 Å². The lowest BCUT2D eigenvalue weighted by molar-refractivity contribution is -0.116. The van der Waals surface area contributed by atoms with Crippen LogP contribution in [0.15, 0.2) is 51.2 Å². The third kappa shape index (κ3) is 6.88. The first-order chi connectivity index (χ1) is 12.1. The molecule has 0 fully saturated rings. The minimum Gasteiger partial charge on any atom is -0.356 e. The zero-order chi connectivity index (χ0) is 18.1. The number of hydrogen-bond acceptors (Lipinski definition) is 3. The molecule has 5 nitrogen and oxygen atoms in total. The van der Waals surface area contributed by atoms with Crippen molar-refractivity contribution in [2.24, 2.45) is 4.99 Å². The highest BCUT2D eigenvalue weighted by atomic mass is 79.9. The van der Waals surface area contributed by atoms with Gasteiger partial charge >= 0.3 is 0 Å². The van der Waals surface area contributed by atoms with E-state index < -0.39 is 0 Å². The number of thiophene rings is 1. The second-order valence-corrected chi connectivity index (χ2v) is 7.48. The lowest BCUT2D eigenvalue weighted by Gasteiger charge is -2.21. The highest BCUT2D eigenvalue weighted by Crippen LogP contribution is 2.14. The number of carbonyl (C=O) groups excluding carboxylic acids is 1. The van der Waals surface area contributed by atoms with E-state index in [1.807, 2.05) is 31.3 Å². The number of nitrogens with zero attached hydrogens (tertiary/aromatic N) is 2. The highest BCUT2D eigenvalue weighted by Gasteiger charge is 2.08. The second kappa shape index (κ2) is 10.2. The maximum absolute atomic E-state index is 12.0. The van der Waals surface area contributed by atoms with Crippen LogP contribution in [-0.4, -0.2) is 44.0 Å². The first kappa shape index (κ1) is 19.5. The molecule has 0 spiro atoms. The molecule has 1 heterocycles. The summed E-state index contributed by atoms with van der Waals surface area (Å²) in [5.41, 5.74) is 0.797. The molecule has 0 saturated heterocycles. The average Bonchev–Trinajstić information content (AvgIpc) is 3.12. The first-order valence-electron chi connectivity index (χ1n) is 8.08. The normalized spacial score (nSPS) is 11.2. The molecule has 0 aliphatic carbocycles. The van der Waals surface area contributed by atoms with Gasteiger partial charge in [0.2, 0.25) is 5.91 Å². The highest BCUT2D eigenvalue weighted by molar-refractivity contribution is 9.10. The molecule has 1 aromatic carbocycles. The average molecular weight is 423 g/mol. The number of likely N-dealkylation sites (N-methyl/N-ethyl adjacent to an activating group) is 1. The summed E-state index contributed by atoms with van der Waals surface area (Å²) in [6, 6.07) is 11.7. The van der Waals surface area contributed by atoms with E-state index in [0.29, 0.717) is 13.0 Å². The molecule has 7 heteroatoms. The molecule has 0 bridgehead atoms. The third-order valence-electron chi connectivity index (χ3n) is 3.61. The van der Waals surface area contributed by atoms with Crippen molar-refractivity contribution in [3.63, 3.8) is 0 Å². The molecule has 2 N–H and O–H groups in total. The van der Waals surface area contributed by atoms with Gasteiger partial charge in [0.1, 0.15) is 0 Å². The number of benzene rings is 1. The van der Waals surface area contributed by atoms with E-state index in [4.69, 9.17) is 0 Å². The molecule has 2 rings (SSSR count). The molecular weight excluding hydrogens is 400 g/mol. The van der Waals surface area contributed by atoms with Crippen LogP contribution in [0, 0.1) is 0 Å². The van der Waals surface area contributed by atoms with E-state index in [0.717, 1.165) is 29.1 Å². The van der Waals surface area contributed by atoms with Gasteiger partial charge in [0.05, 0.1) is 0 Å². The van der Waals surface area contributed by atoms with Crippen molar-refractivity contribution in [2.45, 2.75) is 12.8 Å². The molecule has 2 aromatic rings. The standard InChI is InChI=1S/C18H23BrN4OS/c1-20-18(23(2)12-10-16-4-3-13-25-16)21-11-9-17(24)22-15-7-5-14(19)6-8-15/h3-8,13H,9-12H2,1-2H3,(H,20,21)(H,22,24). The van der Waals surface area contributed by atoms with Crippen LogP contribution in [0.3, 0.4) is 0 Å². The SMILES string of the molecule is CN=C(NCCC(=O)Nc1ccc(Br)cc1)N(C)CCc1cccs1. The minimum absolute atomic E-state index is 0.0217. The lowest BCUT2D eigenvalue weighted by Crippen LogP contribution is -2.40. The monoisotopic (exact) mass is 422 g/mol.